The molecule has 5 nitrogen and oxygen atoms in total. The molecule has 0 aliphatic carbocycles. The highest BCUT2D eigenvalue weighted by Crippen LogP contribution is 2.28. The van der Waals surface area contributed by atoms with E-state index in [-0.39, 0.29) is 0 Å². The number of nitriles is 1. The van der Waals surface area contributed by atoms with E-state index in [1.165, 1.54) is 0 Å². The van der Waals surface area contributed by atoms with Gasteiger partial charge in [-0.3, -0.25) is 0 Å². The Morgan fingerprint density at radius 1 is 1.04 bits per heavy atom. The Hall–Kier alpha value is -3.39. The van der Waals surface area contributed by atoms with Gasteiger partial charge in [0.05, 0.1) is 7.11 Å². The predicted molar refractivity (Wildman–Crippen MR) is 88.5 cm³/mol. The zero-order valence-corrected chi connectivity index (χ0v) is 12.5. The number of hydrogen-bond donors (Lipinski definition) is 1. The number of pyridine rings is 2. The number of benzene rings is 1. The van der Waals surface area contributed by atoms with Crippen LogP contribution in [0.25, 0.3) is 11.1 Å². The molecule has 0 bridgehead atoms. The molecule has 0 saturated carbocycles. The van der Waals surface area contributed by atoms with Crippen LogP contribution >= 0.6 is 0 Å². The van der Waals surface area contributed by atoms with Crippen molar-refractivity contribution in [2.75, 3.05) is 12.4 Å². The van der Waals surface area contributed by atoms with Crippen molar-refractivity contribution in [3.8, 4) is 22.9 Å². The number of nitrogens with zero attached hydrogens (tertiary/aromatic N) is 3. The van der Waals surface area contributed by atoms with E-state index in [1.807, 2.05) is 36.4 Å². The summed E-state index contributed by atoms with van der Waals surface area (Å²) < 4.78 is 5.18. The molecule has 3 rings (SSSR count). The summed E-state index contributed by atoms with van der Waals surface area (Å²) in [7, 11) is 1.59. The van der Waals surface area contributed by atoms with E-state index in [2.05, 4.69) is 21.4 Å². The molecule has 5 heteroatoms. The van der Waals surface area contributed by atoms with Crippen molar-refractivity contribution in [2.45, 2.75) is 0 Å². The molecule has 0 atom stereocenters. The maximum absolute atomic E-state index is 9.56. The quantitative estimate of drug-likeness (QED) is 0.794. The number of ether oxygens (including phenoxy) is 1. The molecule has 2 aromatic heterocycles. The predicted octanol–water partition coefficient (Wildman–Crippen LogP) is 3.77. The summed E-state index contributed by atoms with van der Waals surface area (Å²) in [6, 6.07) is 17.3. The lowest BCUT2D eigenvalue weighted by molar-refractivity contribution is 0.414. The standard InChI is InChI=1S/C18H14N4O/c1-23-14-7-9-20-17(11-14)22-18-16(12-19)15(8-10-21-18)13-5-3-2-4-6-13/h2-11H,1H3,(H,20,21,22). The van der Waals surface area contributed by atoms with Crippen LogP contribution in [0.1, 0.15) is 5.56 Å². The molecular formula is C18H14N4O. The minimum Gasteiger partial charge on any atom is -0.497 e. The van der Waals surface area contributed by atoms with Gasteiger partial charge in [-0.2, -0.15) is 5.26 Å². The van der Waals surface area contributed by atoms with Crippen LogP contribution in [-0.2, 0) is 0 Å². The number of nitrogens with one attached hydrogen (secondary N) is 1. The molecule has 0 radical (unpaired) electrons. The SMILES string of the molecule is COc1ccnc(Nc2nccc(-c3ccccc3)c2C#N)c1. The maximum atomic E-state index is 9.56. The zero-order chi connectivity index (χ0) is 16.1. The number of rotatable bonds is 4. The van der Waals surface area contributed by atoms with E-state index in [9.17, 15) is 5.26 Å². The van der Waals surface area contributed by atoms with Gasteiger partial charge in [-0.25, -0.2) is 9.97 Å². The van der Waals surface area contributed by atoms with Crippen LogP contribution in [0.3, 0.4) is 0 Å². The van der Waals surface area contributed by atoms with Crippen molar-refractivity contribution in [2.24, 2.45) is 0 Å². The van der Waals surface area contributed by atoms with Crippen LogP contribution in [-0.4, -0.2) is 17.1 Å². The third-order valence-electron chi connectivity index (χ3n) is 3.36. The van der Waals surface area contributed by atoms with Crippen LogP contribution < -0.4 is 10.1 Å². The number of aromatic nitrogens is 2. The van der Waals surface area contributed by atoms with Gasteiger partial charge in [0.1, 0.15) is 29.0 Å². The monoisotopic (exact) mass is 302 g/mol. The van der Waals surface area contributed by atoms with Crippen molar-refractivity contribution in [3.63, 3.8) is 0 Å². The molecule has 0 fully saturated rings. The minimum atomic E-state index is 0.467. The third kappa shape index (κ3) is 3.11. The Morgan fingerprint density at radius 3 is 2.57 bits per heavy atom. The van der Waals surface area contributed by atoms with E-state index in [0.29, 0.717) is 22.9 Å². The van der Waals surface area contributed by atoms with Gasteiger partial charge in [-0.1, -0.05) is 30.3 Å². The summed E-state index contributed by atoms with van der Waals surface area (Å²) in [5, 5.41) is 12.6. The molecule has 0 aliphatic heterocycles. The first kappa shape index (κ1) is 14.5. The van der Waals surface area contributed by atoms with Gasteiger partial charge >= 0.3 is 0 Å². The Morgan fingerprint density at radius 2 is 1.83 bits per heavy atom. The van der Waals surface area contributed by atoms with Gasteiger partial charge in [0.15, 0.2) is 0 Å². The molecule has 1 N–H and O–H groups in total. The highest BCUT2D eigenvalue weighted by atomic mass is 16.5. The van der Waals surface area contributed by atoms with Gasteiger partial charge in [-0.15, -0.1) is 0 Å². The van der Waals surface area contributed by atoms with E-state index in [1.54, 1.807) is 31.6 Å². The highest BCUT2D eigenvalue weighted by Gasteiger charge is 2.12. The van der Waals surface area contributed by atoms with Crippen LogP contribution in [0.15, 0.2) is 60.9 Å². The topological polar surface area (TPSA) is 70.8 Å². The Kier molecular flexibility index (Phi) is 4.16. The summed E-state index contributed by atoms with van der Waals surface area (Å²) >= 11 is 0. The summed E-state index contributed by atoms with van der Waals surface area (Å²) in [6.45, 7) is 0. The van der Waals surface area contributed by atoms with Gasteiger partial charge in [0, 0.05) is 24.0 Å². The Labute approximate surface area is 134 Å². The van der Waals surface area contributed by atoms with Crippen molar-refractivity contribution in [3.05, 3.63) is 66.5 Å². The van der Waals surface area contributed by atoms with E-state index >= 15 is 0 Å². The van der Waals surface area contributed by atoms with Crippen molar-refractivity contribution < 1.29 is 4.74 Å². The largest absolute Gasteiger partial charge is 0.497 e. The first-order chi connectivity index (χ1) is 11.3. The summed E-state index contributed by atoms with van der Waals surface area (Å²) in [5.74, 6) is 1.72. The maximum Gasteiger partial charge on any atom is 0.150 e. The lowest BCUT2D eigenvalue weighted by Crippen LogP contribution is -2.00. The molecule has 0 amide bonds. The van der Waals surface area contributed by atoms with Crippen LogP contribution in [0, 0.1) is 11.3 Å². The Balaban J connectivity index is 2.02. The number of hydrogen-bond acceptors (Lipinski definition) is 5. The average Bonchev–Trinajstić information content (AvgIpc) is 2.62. The molecular weight excluding hydrogens is 288 g/mol. The molecule has 2 heterocycles. The molecule has 1 aromatic carbocycles. The van der Waals surface area contributed by atoms with Gasteiger partial charge in [-0.05, 0) is 17.7 Å². The molecule has 3 aromatic rings. The highest BCUT2D eigenvalue weighted by molar-refractivity contribution is 5.77. The lowest BCUT2D eigenvalue weighted by atomic mass is 10.0. The van der Waals surface area contributed by atoms with E-state index in [4.69, 9.17) is 4.74 Å². The normalized spacial score (nSPS) is 9.91. The van der Waals surface area contributed by atoms with Crippen molar-refractivity contribution in [1.82, 2.24) is 9.97 Å². The fourth-order valence-corrected chi connectivity index (χ4v) is 2.26. The van der Waals surface area contributed by atoms with Gasteiger partial charge in [0.2, 0.25) is 0 Å². The fourth-order valence-electron chi connectivity index (χ4n) is 2.26. The summed E-state index contributed by atoms with van der Waals surface area (Å²) in [5.41, 5.74) is 2.27. The van der Waals surface area contributed by atoms with E-state index in [0.717, 1.165) is 11.1 Å². The van der Waals surface area contributed by atoms with Gasteiger partial charge in [0.25, 0.3) is 0 Å². The second kappa shape index (κ2) is 6.58. The molecule has 0 aliphatic rings. The minimum absolute atomic E-state index is 0.467. The van der Waals surface area contributed by atoms with E-state index < -0.39 is 0 Å². The first-order valence-corrected chi connectivity index (χ1v) is 7.03. The third-order valence-corrected chi connectivity index (χ3v) is 3.36. The van der Waals surface area contributed by atoms with Crippen LogP contribution in [0.5, 0.6) is 5.75 Å². The second-order valence-electron chi connectivity index (χ2n) is 4.77. The summed E-state index contributed by atoms with van der Waals surface area (Å²) in [4.78, 5) is 8.49. The van der Waals surface area contributed by atoms with Crippen molar-refractivity contribution >= 4 is 11.6 Å². The lowest BCUT2D eigenvalue weighted by Gasteiger charge is -2.11. The van der Waals surface area contributed by atoms with Gasteiger partial charge < -0.3 is 10.1 Å². The number of anilines is 2. The second-order valence-corrected chi connectivity index (χ2v) is 4.77. The molecule has 0 spiro atoms. The van der Waals surface area contributed by atoms with Crippen LogP contribution in [0.2, 0.25) is 0 Å². The first-order valence-electron chi connectivity index (χ1n) is 7.03. The molecule has 23 heavy (non-hydrogen) atoms. The zero-order valence-electron chi connectivity index (χ0n) is 12.5. The smallest absolute Gasteiger partial charge is 0.150 e. The molecule has 112 valence electrons. The fraction of sp³-hybridized carbons (Fsp3) is 0.0556. The van der Waals surface area contributed by atoms with Crippen LogP contribution in [0.4, 0.5) is 11.6 Å². The summed E-state index contributed by atoms with van der Waals surface area (Å²) in [6.07, 6.45) is 3.31. The van der Waals surface area contributed by atoms with Crippen molar-refractivity contribution in [1.29, 1.82) is 5.26 Å². The molecule has 0 unspecified atom stereocenters. The molecule has 0 saturated heterocycles. The Bertz CT molecular complexity index is 856. The number of methoxy groups -OCH3 is 1. The average molecular weight is 302 g/mol.